The molecule has 0 saturated carbocycles. The third-order valence-electron chi connectivity index (χ3n) is 2.64. The minimum absolute atomic E-state index is 0.108. The van der Waals surface area contributed by atoms with E-state index in [1.54, 1.807) is 20.8 Å². The summed E-state index contributed by atoms with van der Waals surface area (Å²) in [6, 6.07) is -0.108. The summed E-state index contributed by atoms with van der Waals surface area (Å²) in [4.78, 5) is 23.4. The van der Waals surface area contributed by atoms with Gasteiger partial charge in [0.1, 0.15) is 11.2 Å². The number of rotatable bonds is 7. The lowest BCUT2D eigenvalue weighted by atomic mass is 10.1. The van der Waals surface area contributed by atoms with Crippen molar-refractivity contribution in [1.29, 1.82) is 0 Å². The molecule has 2 amide bonds. The maximum Gasteiger partial charge on any atom is 0.407 e. The van der Waals surface area contributed by atoms with Gasteiger partial charge in [0.2, 0.25) is 0 Å². The highest BCUT2D eigenvalue weighted by Crippen LogP contribution is 2.09. The fraction of sp³-hybridized carbons (Fsp3) is 0.875. The van der Waals surface area contributed by atoms with Gasteiger partial charge in [0, 0.05) is 12.6 Å². The molecule has 0 bridgehead atoms. The Morgan fingerprint density at radius 3 is 1.96 bits per heavy atom. The van der Waals surface area contributed by atoms with Crippen LogP contribution in [0.5, 0.6) is 0 Å². The van der Waals surface area contributed by atoms with Crippen LogP contribution in [0.1, 0.15) is 60.8 Å². The highest BCUT2D eigenvalue weighted by molar-refractivity contribution is 5.68. The number of alkyl carbamates (subject to hydrolysis) is 2. The Morgan fingerprint density at radius 2 is 1.48 bits per heavy atom. The Hall–Kier alpha value is -1.50. The summed E-state index contributed by atoms with van der Waals surface area (Å²) < 4.78 is 10.4. The molecule has 136 valence electrons. The van der Waals surface area contributed by atoms with Crippen LogP contribution in [-0.4, -0.2) is 42.5 Å². The molecule has 0 aromatic heterocycles. The van der Waals surface area contributed by atoms with Gasteiger partial charge in [-0.25, -0.2) is 9.59 Å². The van der Waals surface area contributed by atoms with Gasteiger partial charge < -0.3 is 25.8 Å². The SMILES string of the molecule is CC(C)(C)OC(=O)NCCC(CCCN)NC(=O)OC(C)(C)C. The number of carbonyl (C=O) groups is 2. The van der Waals surface area contributed by atoms with E-state index in [1.165, 1.54) is 0 Å². The number of carbonyl (C=O) groups excluding carboxylic acids is 2. The fourth-order valence-corrected chi connectivity index (χ4v) is 1.79. The molecule has 0 aliphatic heterocycles. The molecule has 0 fully saturated rings. The van der Waals surface area contributed by atoms with E-state index in [0.29, 0.717) is 19.5 Å². The Bertz CT molecular complexity index is 373. The summed E-state index contributed by atoms with van der Waals surface area (Å²) in [5.41, 5.74) is 4.45. The minimum Gasteiger partial charge on any atom is -0.444 e. The van der Waals surface area contributed by atoms with Crippen LogP contribution in [0.4, 0.5) is 9.59 Å². The number of hydrogen-bond donors (Lipinski definition) is 3. The average molecular weight is 331 g/mol. The Kier molecular flexibility index (Phi) is 8.97. The van der Waals surface area contributed by atoms with E-state index in [0.717, 1.165) is 12.8 Å². The number of nitrogens with two attached hydrogens (primary N) is 1. The highest BCUT2D eigenvalue weighted by Gasteiger charge is 2.20. The Balaban J connectivity index is 4.29. The zero-order valence-corrected chi connectivity index (χ0v) is 15.3. The number of hydrogen-bond acceptors (Lipinski definition) is 5. The van der Waals surface area contributed by atoms with Gasteiger partial charge in [-0.2, -0.15) is 0 Å². The second-order valence-corrected chi connectivity index (χ2v) is 7.49. The van der Waals surface area contributed by atoms with Crippen molar-refractivity contribution in [3.63, 3.8) is 0 Å². The lowest BCUT2D eigenvalue weighted by Crippen LogP contribution is -2.41. The molecule has 0 rings (SSSR count). The summed E-state index contributed by atoms with van der Waals surface area (Å²) in [6.45, 7) is 11.8. The van der Waals surface area contributed by atoms with Crippen molar-refractivity contribution in [2.24, 2.45) is 5.73 Å². The third-order valence-corrected chi connectivity index (χ3v) is 2.64. The Morgan fingerprint density at radius 1 is 0.957 bits per heavy atom. The van der Waals surface area contributed by atoms with Gasteiger partial charge in [-0.15, -0.1) is 0 Å². The van der Waals surface area contributed by atoms with Crippen LogP contribution in [0.3, 0.4) is 0 Å². The maximum atomic E-state index is 11.8. The number of amides is 2. The standard InChI is InChI=1S/C16H33N3O4/c1-15(2,3)22-13(20)18-11-9-12(8-7-10-17)19-14(21)23-16(4,5)6/h12H,7-11,17H2,1-6H3,(H,18,20)(H,19,21). The monoisotopic (exact) mass is 331 g/mol. The van der Waals surface area contributed by atoms with E-state index in [4.69, 9.17) is 15.2 Å². The van der Waals surface area contributed by atoms with E-state index in [2.05, 4.69) is 10.6 Å². The molecule has 1 atom stereocenters. The molecule has 0 spiro atoms. The first-order valence-corrected chi connectivity index (χ1v) is 8.09. The van der Waals surface area contributed by atoms with Crippen LogP contribution in [0, 0.1) is 0 Å². The first-order chi connectivity index (χ1) is 10.4. The van der Waals surface area contributed by atoms with Crippen molar-refractivity contribution in [2.75, 3.05) is 13.1 Å². The molecule has 7 heteroatoms. The predicted molar refractivity (Wildman–Crippen MR) is 90.3 cm³/mol. The molecular weight excluding hydrogens is 298 g/mol. The maximum absolute atomic E-state index is 11.8. The van der Waals surface area contributed by atoms with E-state index < -0.39 is 23.4 Å². The van der Waals surface area contributed by atoms with Gasteiger partial charge in [-0.1, -0.05) is 0 Å². The summed E-state index contributed by atoms with van der Waals surface area (Å²) in [6.07, 6.45) is 1.17. The van der Waals surface area contributed by atoms with Crippen molar-refractivity contribution < 1.29 is 19.1 Å². The quantitative estimate of drug-likeness (QED) is 0.665. The predicted octanol–water partition coefficient (Wildman–Crippen LogP) is 2.53. The minimum atomic E-state index is -0.544. The lowest BCUT2D eigenvalue weighted by Gasteiger charge is -2.24. The van der Waals surface area contributed by atoms with Gasteiger partial charge in [0.05, 0.1) is 0 Å². The first kappa shape index (κ1) is 21.5. The smallest absolute Gasteiger partial charge is 0.407 e. The average Bonchev–Trinajstić information content (AvgIpc) is 2.30. The molecule has 4 N–H and O–H groups in total. The van der Waals surface area contributed by atoms with Crippen molar-refractivity contribution in [3.8, 4) is 0 Å². The molecule has 0 aromatic rings. The summed E-state index contributed by atoms with van der Waals surface area (Å²) in [5.74, 6) is 0. The topological polar surface area (TPSA) is 103 Å². The van der Waals surface area contributed by atoms with Crippen molar-refractivity contribution in [1.82, 2.24) is 10.6 Å². The summed E-state index contributed by atoms with van der Waals surface area (Å²) >= 11 is 0. The first-order valence-electron chi connectivity index (χ1n) is 8.09. The second kappa shape index (κ2) is 9.60. The molecular formula is C16H33N3O4. The van der Waals surface area contributed by atoms with Gasteiger partial charge in [-0.05, 0) is 67.3 Å². The third kappa shape index (κ3) is 13.9. The zero-order chi connectivity index (χ0) is 18.1. The number of nitrogens with one attached hydrogen (secondary N) is 2. The van der Waals surface area contributed by atoms with Gasteiger partial charge >= 0.3 is 12.2 Å². The van der Waals surface area contributed by atoms with Crippen LogP contribution < -0.4 is 16.4 Å². The van der Waals surface area contributed by atoms with E-state index in [9.17, 15) is 9.59 Å². The fourth-order valence-electron chi connectivity index (χ4n) is 1.79. The number of ether oxygens (including phenoxy) is 2. The van der Waals surface area contributed by atoms with Crippen molar-refractivity contribution in [2.45, 2.75) is 78.0 Å². The lowest BCUT2D eigenvalue weighted by molar-refractivity contribution is 0.0496. The van der Waals surface area contributed by atoms with E-state index in [1.807, 2.05) is 20.8 Å². The molecule has 0 radical (unpaired) electrons. The van der Waals surface area contributed by atoms with E-state index >= 15 is 0 Å². The van der Waals surface area contributed by atoms with Crippen molar-refractivity contribution in [3.05, 3.63) is 0 Å². The molecule has 1 unspecified atom stereocenters. The summed E-state index contributed by atoms with van der Waals surface area (Å²) in [7, 11) is 0. The molecule has 0 aliphatic carbocycles. The molecule has 0 aromatic carbocycles. The Labute approximate surface area is 139 Å². The zero-order valence-electron chi connectivity index (χ0n) is 15.3. The van der Waals surface area contributed by atoms with Crippen LogP contribution >= 0.6 is 0 Å². The van der Waals surface area contributed by atoms with Crippen LogP contribution in [0.15, 0.2) is 0 Å². The molecule has 0 aliphatic rings. The summed E-state index contributed by atoms with van der Waals surface area (Å²) in [5, 5.41) is 5.50. The largest absolute Gasteiger partial charge is 0.444 e. The molecule has 0 saturated heterocycles. The molecule has 0 heterocycles. The van der Waals surface area contributed by atoms with Crippen molar-refractivity contribution >= 4 is 12.2 Å². The van der Waals surface area contributed by atoms with Gasteiger partial charge in [0.25, 0.3) is 0 Å². The van der Waals surface area contributed by atoms with Gasteiger partial charge in [-0.3, -0.25) is 0 Å². The van der Waals surface area contributed by atoms with Crippen LogP contribution in [-0.2, 0) is 9.47 Å². The van der Waals surface area contributed by atoms with E-state index in [-0.39, 0.29) is 6.04 Å². The molecule has 7 nitrogen and oxygen atoms in total. The normalized spacial score (nSPS) is 13.2. The highest BCUT2D eigenvalue weighted by atomic mass is 16.6. The second-order valence-electron chi connectivity index (χ2n) is 7.49. The van der Waals surface area contributed by atoms with Gasteiger partial charge in [0.15, 0.2) is 0 Å². The van der Waals surface area contributed by atoms with Crippen LogP contribution in [0.25, 0.3) is 0 Å². The van der Waals surface area contributed by atoms with Crippen LogP contribution in [0.2, 0.25) is 0 Å². The molecule has 23 heavy (non-hydrogen) atoms.